The third-order valence-corrected chi connectivity index (χ3v) is 3.75. The first-order valence-corrected chi connectivity index (χ1v) is 7.59. The van der Waals surface area contributed by atoms with Crippen LogP contribution >= 0.6 is 23.2 Å². The van der Waals surface area contributed by atoms with Crippen LogP contribution in [-0.2, 0) is 4.74 Å². The van der Waals surface area contributed by atoms with Gasteiger partial charge in [0.2, 0.25) is 5.78 Å². The minimum Gasteiger partial charge on any atom is -0.493 e. The second kappa shape index (κ2) is 8.04. The van der Waals surface area contributed by atoms with E-state index in [1.807, 2.05) is 0 Å². The van der Waals surface area contributed by atoms with Crippen LogP contribution in [0.25, 0.3) is 0 Å². The van der Waals surface area contributed by atoms with Crippen LogP contribution < -0.4 is 9.47 Å². The molecule has 5 nitrogen and oxygen atoms in total. The number of halogens is 2. The van der Waals surface area contributed by atoms with Crippen molar-refractivity contribution in [1.82, 2.24) is 0 Å². The Hall–Kier alpha value is -2.24. The quantitative estimate of drug-likeness (QED) is 0.568. The van der Waals surface area contributed by atoms with Gasteiger partial charge < -0.3 is 14.2 Å². The van der Waals surface area contributed by atoms with Crippen LogP contribution in [0, 0.1) is 0 Å². The molecule has 0 atom stereocenters. The maximum Gasteiger partial charge on any atom is 0.338 e. The molecule has 2 aromatic carbocycles. The lowest BCUT2D eigenvalue weighted by Crippen LogP contribution is -2.14. The van der Waals surface area contributed by atoms with E-state index in [1.165, 1.54) is 38.5 Å². The summed E-state index contributed by atoms with van der Waals surface area (Å²) in [6.07, 6.45) is 0. The highest BCUT2D eigenvalue weighted by atomic mass is 35.5. The third kappa shape index (κ3) is 4.19. The van der Waals surface area contributed by atoms with Gasteiger partial charge in [-0.2, -0.15) is 0 Å². The molecule has 0 aromatic heterocycles. The summed E-state index contributed by atoms with van der Waals surface area (Å²) < 4.78 is 15.2. The van der Waals surface area contributed by atoms with Gasteiger partial charge in [-0.15, -0.1) is 0 Å². The molecule has 0 spiro atoms. The molecule has 0 bridgehead atoms. The van der Waals surface area contributed by atoms with Crippen LogP contribution in [0.1, 0.15) is 20.7 Å². The van der Waals surface area contributed by atoms with E-state index in [9.17, 15) is 9.59 Å². The van der Waals surface area contributed by atoms with Crippen molar-refractivity contribution in [2.75, 3.05) is 20.8 Å². The van der Waals surface area contributed by atoms with Crippen LogP contribution in [0.5, 0.6) is 11.5 Å². The highest BCUT2D eigenvalue weighted by molar-refractivity contribution is 6.36. The summed E-state index contributed by atoms with van der Waals surface area (Å²) in [4.78, 5) is 24.2. The zero-order chi connectivity index (χ0) is 17.7. The summed E-state index contributed by atoms with van der Waals surface area (Å²) >= 11 is 11.8. The molecule has 0 aliphatic heterocycles. The normalized spacial score (nSPS) is 10.2. The number of hydrogen-bond acceptors (Lipinski definition) is 5. The molecular weight excluding hydrogens is 355 g/mol. The number of Topliss-reactive ketones (excluding diaryl/α,β-unsaturated/α-hetero) is 1. The van der Waals surface area contributed by atoms with Crippen LogP contribution in [-0.4, -0.2) is 32.6 Å². The topological polar surface area (TPSA) is 61.8 Å². The smallest absolute Gasteiger partial charge is 0.338 e. The number of carbonyl (C=O) groups excluding carboxylic acids is 2. The molecule has 2 aromatic rings. The predicted molar refractivity (Wildman–Crippen MR) is 90.6 cm³/mol. The first kappa shape index (κ1) is 18.1. The summed E-state index contributed by atoms with van der Waals surface area (Å²) in [6, 6.07) is 9.06. The maximum atomic E-state index is 12.1. The van der Waals surface area contributed by atoms with Gasteiger partial charge in [-0.25, -0.2) is 4.79 Å². The zero-order valence-electron chi connectivity index (χ0n) is 13.0. The number of methoxy groups -OCH3 is 2. The Morgan fingerprint density at radius 2 is 1.67 bits per heavy atom. The lowest BCUT2D eigenvalue weighted by molar-refractivity contribution is 0.0474. The minimum atomic E-state index is -0.664. The van der Waals surface area contributed by atoms with E-state index < -0.39 is 18.4 Å². The lowest BCUT2D eigenvalue weighted by Gasteiger charge is -2.10. The van der Waals surface area contributed by atoms with Gasteiger partial charge in [0, 0.05) is 10.6 Å². The van der Waals surface area contributed by atoms with Gasteiger partial charge in [0.1, 0.15) is 0 Å². The molecule has 7 heteroatoms. The van der Waals surface area contributed by atoms with Crippen molar-refractivity contribution < 1.29 is 23.8 Å². The maximum absolute atomic E-state index is 12.1. The Balaban J connectivity index is 2.07. The van der Waals surface area contributed by atoms with Gasteiger partial charge in [0.05, 0.1) is 24.8 Å². The van der Waals surface area contributed by atoms with Gasteiger partial charge >= 0.3 is 5.97 Å². The van der Waals surface area contributed by atoms with E-state index in [0.29, 0.717) is 16.5 Å². The number of ketones is 1. The summed E-state index contributed by atoms with van der Waals surface area (Å²) in [5.74, 6) is -0.245. The van der Waals surface area contributed by atoms with E-state index >= 15 is 0 Å². The molecule has 0 aliphatic carbocycles. The summed E-state index contributed by atoms with van der Waals surface area (Å²) in [7, 11) is 2.95. The second-order valence-corrected chi connectivity index (χ2v) is 5.54. The molecule has 0 radical (unpaired) electrons. The number of carbonyl (C=O) groups is 2. The highest BCUT2D eigenvalue weighted by Crippen LogP contribution is 2.28. The average molecular weight is 369 g/mol. The predicted octanol–water partition coefficient (Wildman–Crippen LogP) is 4.05. The van der Waals surface area contributed by atoms with Gasteiger partial charge in [0.15, 0.2) is 18.1 Å². The van der Waals surface area contributed by atoms with Gasteiger partial charge in [-0.3, -0.25) is 4.79 Å². The lowest BCUT2D eigenvalue weighted by atomic mass is 10.1. The zero-order valence-corrected chi connectivity index (χ0v) is 14.5. The molecule has 0 fully saturated rings. The Morgan fingerprint density at radius 1 is 0.958 bits per heavy atom. The van der Waals surface area contributed by atoms with Crippen molar-refractivity contribution in [2.24, 2.45) is 0 Å². The SMILES string of the molecule is COc1ccc(C(=O)OCC(=O)c2cc(Cl)ccc2Cl)cc1OC. The third-order valence-electron chi connectivity index (χ3n) is 3.18. The number of esters is 1. The minimum absolute atomic E-state index is 0.198. The Bertz CT molecular complexity index is 774. The summed E-state index contributed by atoms with van der Waals surface area (Å²) in [6.45, 7) is -0.451. The second-order valence-electron chi connectivity index (χ2n) is 4.69. The molecular formula is C17H14Cl2O5. The monoisotopic (exact) mass is 368 g/mol. The number of ether oxygens (including phenoxy) is 3. The van der Waals surface area contributed by atoms with Crippen molar-refractivity contribution in [3.8, 4) is 11.5 Å². The van der Waals surface area contributed by atoms with E-state index in [0.717, 1.165) is 0 Å². The molecule has 0 N–H and O–H groups in total. The number of benzene rings is 2. The highest BCUT2D eigenvalue weighted by Gasteiger charge is 2.16. The van der Waals surface area contributed by atoms with Gasteiger partial charge in [-0.05, 0) is 36.4 Å². The average Bonchev–Trinajstić information content (AvgIpc) is 2.60. The fourth-order valence-corrected chi connectivity index (χ4v) is 2.36. The van der Waals surface area contributed by atoms with Gasteiger partial charge in [-0.1, -0.05) is 23.2 Å². The van der Waals surface area contributed by atoms with E-state index in [-0.39, 0.29) is 16.1 Å². The molecule has 0 saturated carbocycles. The Morgan fingerprint density at radius 3 is 2.33 bits per heavy atom. The van der Waals surface area contributed by atoms with E-state index in [2.05, 4.69) is 0 Å². The molecule has 0 amide bonds. The first-order chi connectivity index (χ1) is 11.5. The largest absolute Gasteiger partial charge is 0.493 e. The van der Waals surface area contributed by atoms with Crippen LogP contribution in [0.15, 0.2) is 36.4 Å². The molecule has 2 rings (SSSR count). The number of hydrogen-bond donors (Lipinski definition) is 0. The fraction of sp³-hybridized carbons (Fsp3) is 0.176. The Labute approximate surface area is 149 Å². The van der Waals surface area contributed by atoms with E-state index in [1.54, 1.807) is 12.1 Å². The van der Waals surface area contributed by atoms with Crippen molar-refractivity contribution in [2.45, 2.75) is 0 Å². The van der Waals surface area contributed by atoms with Crippen molar-refractivity contribution in [3.05, 3.63) is 57.6 Å². The molecule has 0 unspecified atom stereocenters. The van der Waals surface area contributed by atoms with Crippen molar-refractivity contribution in [3.63, 3.8) is 0 Å². The molecule has 0 aliphatic rings. The molecule has 0 heterocycles. The van der Waals surface area contributed by atoms with Crippen LogP contribution in [0.2, 0.25) is 10.0 Å². The standard InChI is InChI=1S/C17H14Cl2O5/c1-22-15-6-3-10(7-16(15)23-2)17(21)24-9-14(20)12-8-11(18)4-5-13(12)19/h3-8H,9H2,1-2H3. The molecule has 126 valence electrons. The van der Waals surface area contributed by atoms with E-state index in [4.69, 9.17) is 37.4 Å². The van der Waals surface area contributed by atoms with Crippen LogP contribution in [0.3, 0.4) is 0 Å². The molecule has 0 saturated heterocycles. The summed E-state index contributed by atoms with van der Waals surface area (Å²) in [5, 5.41) is 0.612. The first-order valence-electron chi connectivity index (χ1n) is 6.83. The molecule has 24 heavy (non-hydrogen) atoms. The van der Waals surface area contributed by atoms with Crippen molar-refractivity contribution >= 4 is 35.0 Å². The Kier molecular flexibility index (Phi) is 6.06. The van der Waals surface area contributed by atoms with Crippen molar-refractivity contribution in [1.29, 1.82) is 0 Å². The fourth-order valence-electron chi connectivity index (χ4n) is 1.97. The van der Waals surface area contributed by atoms with Gasteiger partial charge in [0.25, 0.3) is 0 Å². The van der Waals surface area contributed by atoms with Crippen LogP contribution in [0.4, 0.5) is 0 Å². The number of rotatable bonds is 6. The summed E-state index contributed by atoms with van der Waals surface area (Å²) in [5.41, 5.74) is 0.432.